The minimum absolute atomic E-state index is 0.134. The van der Waals surface area contributed by atoms with Gasteiger partial charge in [0.15, 0.2) is 0 Å². The van der Waals surface area contributed by atoms with Gasteiger partial charge in [0.2, 0.25) is 0 Å². The van der Waals surface area contributed by atoms with Crippen molar-refractivity contribution in [2.45, 2.75) is 32.9 Å². The third-order valence-corrected chi connectivity index (χ3v) is 1.47. The van der Waals surface area contributed by atoms with Gasteiger partial charge in [0.1, 0.15) is 0 Å². The van der Waals surface area contributed by atoms with E-state index in [2.05, 4.69) is 6.92 Å². The molecule has 0 radical (unpaired) electrons. The normalized spacial score (nSPS) is 13.7. The van der Waals surface area contributed by atoms with E-state index in [9.17, 15) is 0 Å². The van der Waals surface area contributed by atoms with Crippen molar-refractivity contribution in [1.82, 2.24) is 0 Å². The van der Waals surface area contributed by atoms with Crippen molar-refractivity contribution in [3.63, 3.8) is 0 Å². The number of hydrogen-bond donors (Lipinski definition) is 1. The second kappa shape index (κ2) is 3.08. The topological polar surface area (TPSA) is 20.2 Å². The molecule has 0 amide bonds. The first kappa shape index (κ1) is 7.02. The number of rotatable bonds is 2. The summed E-state index contributed by atoms with van der Waals surface area (Å²) < 4.78 is 0. The zero-order valence-corrected chi connectivity index (χ0v) is 5.31. The monoisotopic (exact) mass is 100 g/mol. The average Bonchev–Trinajstić information content (AvgIpc) is 1.65. The van der Waals surface area contributed by atoms with Gasteiger partial charge in [0.25, 0.3) is 6.92 Å². The molecule has 0 aliphatic carbocycles. The second-order valence-electron chi connectivity index (χ2n) is 2.13. The predicted octanol–water partition coefficient (Wildman–Crippen LogP) is 1.40. The van der Waals surface area contributed by atoms with E-state index in [4.69, 9.17) is 5.02 Å². The van der Waals surface area contributed by atoms with Crippen LogP contribution in [0.4, 0.5) is 0 Å². The van der Waals surface area contributed by atoms with Crippen molar-refractivity contribution in [3.8, 4) is 0 Å². The Morgan fingerprint density at radius 2 is 2.14 bits per heavy atom. The summed E-state index contributed by atoms with van der Waals surface area (Å²) in [6.07, 6.45) is 1.07. The maximum Gasteiger partial charge on any atom is 0.288 e. The minimum Gasteiger partial charge on any atom is -0.450 e. The van der Waals surface area contributed by atoms with Crippen molar-refractivity contribution < 1.29 is 5.02 Å². The summed E-state index contributed by atoms with van der Waals surface area (Å²) in [5, 5.41) is 8.82. The molecule has 1 atom stereocenters. The molecule has 1 unspecified atom stereocenters. The Morgan fingerprint density at radius 3 is 2.14 bits per heavy atom. The highest BCUT2D eigenvalue weighted by atomic mass is 16.2. The van der Waals surface area contributed by atoms with Gasteiger partial charge in [-0.05, 0) is 5.82 Å². The maximum atomic E-state index is 8.82. The molecule has 0 aromatic rings. The van der Waals surface area contributed by atoms with Crippen molar-refractivity contribution in [2.24, 2.45) is 0 Å². The molecule has 0 bridgehead atoms. The van der Waals surface area contributed by atoms with Gasteiger partial charge in [-0.1, -0.05) is 27.1 Å². The molecule has 0 aliphatic heterocycles. The van der Waals surface area contributed by atoms with Crippen LogP contribution in [0.5, 0.6) is 0 Å². The predicted molar refractivity (Wildman–Crippen MR) is 33.6 cm³/mol. The Hall–Kier alpha value is 0.0249. The molecule has 0 saturated heterocycles. The zero-order valence-electron chi connectivity index (χ0n) is 5.31. The molecule has 7 heavy (non-hydrogen) atoms. The Balaban J connectivity index is 3.14. The van der Waals surface area contributed by atoms with Crippen LogP contribution in [0.2, 0.25) is 12.6 Å². The minimum atomic E-state index is -0.134. The fourth-order valence-electron chi connectivity index (χ4n) is 0.341. The summed E-state index contributed by atoms with van der Waals surface area (Å²) in [5.74, 6) is 0.458. The Labute approximate surface area is 45.9 Å². The van der Waals surface area contributed by atoms with Crippen molar-refractivity contribution in [3.05, 3.63) is 0 Å². The summed E-state index contributed by atoms with van der Waals surface area (Å²) >= 11 is 0. The van der Waals surface area contributed by atoms with Gasteiger partial charge < -0.3 is 5.02 Å². The molecule has 0 spiro atoms. The molecular formula is C5H13BO. The van der Waals surface area contributed by atoms with Crippen molar-refractivity contribution in [1.29, 1.82) is 0 Å². The molecule has 1 N–H and O–H groups in total. The second-order valence-corrected chi connectivity index (χ2v) is 2.13. The van der Waals surface area contributed by atoms with E-state index >= 15 is 0 Å². The lowest BCUT2D eigenvalue weighted by Gasteiger charge is -2.05. The molecule has 0 heterocycles. The molecule has 0 rings (SSSR count). The Kier molecular flexibility index (Phi) is 3.09. The number of hydrogen-bond acceptors (Lipinski definition) is 1. The van der Waals surface area contributed by atoms with Crippen LogP contribution in [-0.2, 0) is 0 Å². The van der Waals surface area contributed by atoms with Crippen molar-refractivity contribution >= 4 is 6.92 Å². The van der Waals surface area contributed by atoms with E-state index < -0.39 is 0 Å². The molecule has 0 aliphatic rings. The molecule has 42 valence electrons. The summed E-state index contributed by atoms with van der Waals surface area (Å²) in [6, 6.07) is 0. The highest BCUT2D eigenvalue weighted by molar-refractivity contribution is 6.50. The molecule has 0 saturated carbocycles. The van der Waals surface area contributed by atoms with Gasteiger partial charge in [0, 0.05) is 0 Å². The summed E-state index contributed by atoms with van der Waals surface area (Å²) in [5.41, 5.74) is 0. The average molecular weight is 100.0 g/mol. The summed E-state index contributed by atoms with van der Waals surface area (Å²) in [6.45, 7) is 5.82. The molecule has 0 fully saturated rings. The molecule has 1 nitrogen and oxygen atoms in total. The van der Waals surface area contributed by atoms with Crippen LogP contribution < -0.4 is 0 Å². The highest BCUT2D eigenvalue weighted by Gasteiger charge is 2.09. The van der Waals surface area contributed by atoms with E-state index in [0.29, 0.717) is 5.82 Å². The third kappa shape index (κ3) is 2.69. The van der Waals surface area contributed by atoms with E-state index in [1.807, 2.05) is 13.7 Å². The maximum absolute atomic E-state index is 8.82. The Morgan fingerprint density at radius 1 is 1.71 bits per heavy atom. The molecular weight excluding hydrogens is 86.9 g/mol. The van der Waals surface area contributed by atoms with Crippen LogP contribution in [-0.4, -0.2) is 11.9 Å². The smallest absolute Gasteiger partial charge is 0.288 e. The quantitative estimate of drug-likeness (QED) is 0.520. The fourth-order valence-corrected chi connectivity index (χ4v) is 0.341. The molecule has 0 aromatic heterocycles. The van der Waals surface area contributed by atoms with Crippen LogP contribution >= 0.6 is 0 Å². The molecule has 0 aromatic carbocycles. The zero-order chi connectivity index (χ0) is 5.86. The summed E-state index contributed by atoms with van der Waals surface area (Å²) in [4.78, 5) is 0. The lowest BCUT2D eigenvalue weighted by molar-refractivity contribution is 0.552. The SMILES string of the molecule is CCC(C)B(C)O. The van der Waals surface area contributed by atoms with Gasteiger partial charge in [-0.2, -0.15) is 0 Å². The van der Waals surface area contributed by atoms with Gasteiger partial charge in [-0.3, -0.25) is 0 Å². The van der Waals surface area contributed by atoms with Gasteiger partial charge in [-0.25, -0.2) is 0 Å². The first-order chi connectivity index (χ1) is 3.18. The lowest BCUT2D eigenvalue weighted by Crippen LogP contribution is -2.11. The van der Waals surface area contributed by atoms with Crippen LogP contribution in [0.1, 0.15) is 20.3 Å². The first-order valence-corrected chi connectivity index (χ1v) is 2.86. The fraction of sp³-hybridized carbons (Fsp3) is 1.00. The first-order valence-electron chi connectivity index (χ1n) is 2.86. The van der Waals surface area contributed by atoms with Gasteiger partial charge >= 0.3 is 0 Å². The lowest BCUT2D eigenvalue weighted by atomic mass is 9.59. The van der Waals surface area contributed by atoms with Crippen LogP contribution in [0.15, 0.2) is 0 Å². The highest BCUT2D eigenvalue weighted by Crippen LogP contribution is 2.09. The van der Waals surface area contributed by atoms with Gasteiger partial charge in [0.05, 0.1) is 0 Å². The van der Waals surface area contributed by atoms with Crippen LogP contribution in [0.25, 0.3) is 0 Å². The largest absolute Gasteiger partial charge is 0.450 e. The van der Waals surface area contributed by atoms with E-state index in [1.165, 1.54) is 0 Å². The van der Waals surface area contributed by atoms with E-state index in [0.717, 1.165) is 6.42 Å². The standard InChI is InChI=1S/C5H13BO/c1-4-5(2)6(3)7/h5,7H,4H2,1-3H3. The van der Waals surface area contributed by atoms with Gasteiger partial charge in [-0.15, -0.1) is 0 Å². The van der Waals surface area contributed by atoms with E-state index in [-0.39, 0.29) is 6.92 Å². The third-order valence-electron chi connectivity index (χ3n) is 1.47. The van der Waals surface area contributed by atoms with Crippen LogP contribution in [0.3, 0.4) is 0 Å². The van der Waals surface area contributed by atoms with Crippen LogP contribution in [0, 0.1) is 0 Å². The summed E-state index contributed by atoms with van der Waals surface area (Å²) in [7, 11) is 0. The molecule has 2 heteroatoms. The Bertz CT molecular complexity index is 45.3. The van der Waals surface area contributed by atoms with E-state index in [1.54, 1.807) is 0 Å². The van der Waals surface area contributed by atoms with Crippen molar-refractivity contribution in [2.75, 3.05) is 0 Å².